The van der Waals surface area contributed by atoms with E-state index in [0.29, 0.717) is 17.6 Å². The fourth-order valence-corrected chi connectivity index (χ4v) is 2.33. The quantitative estimate of drug-likeness (QED) is 0.827. The minimum Gasteiger partial charge on any atom is -0.389 e. The van der Waals surface area contributed by atoms with E-state index < -0.39 is 0 Å². The Bertz CT molecular complexity index is 440. The van der Waals surface area contributed by atoms with Gasteiger partial charge in [0.05, 0.1) is 30.5 Å². The van der Waals surface area contributed by atoms with Crippen molar-refractivity contribution in [1.29, 1.82) is 0 Å². The maximum Gasteiger partial charge on any atom is 0.161 e. The van der Waals surface area contributed by atoms with Crippen LogP contribution in [0.2, 0.25) is 0 Å². The van der Waals surface area contributed by atoms with Crippen LogP contribution in [-0.4, -0.2) is 40.5 Å². The molecule has 0 aromatic carbocycles. The third-order valence-corrected chi connectivity index (χ3v) is 3.40. The smallest absolute Gasteiger partial charge is 0.161 e. The fraction of sp³-hybridized carbons (Fsp3) is 0.583. The summed E-state index contributed by atoms with van der Waals surface area (Å²) in [7, 11) is 0. The summed E-state index contributed by atoms with van der Waals surface area (Å²) < 4.78 is 5.68. The molecule has 2 unspecified atom stereocenters. The van der Waals surface area contributed by atoms with Crippen LogP contribution in [0.1, 0.15) is 25.8 Å². The zero-order chi connectivity index (χ0) is 13.1. The minimum absolute atomic E-state index is 0.175. The van der Waals surface area contributed by atoms with Crippen LogP contribution in [0.15, 0.2) is 12.3 Å². The number of nitrogens with zero attached hydrogens (tertiary/aromatic N) is 3. The molecule has 18 heavy (non-hydrogen) atoms. The van der Waals surface area contributed by atoms with Gasteiger partial charge in [0.25, 0.3) is 0 Å². The molecule has 1 aliphatic rings. The molecule has 98 valence electrons. The predicted octanol–water partition coefficient (Wildman–Crippen LogP) is 1.11. The van der Waals surface area contributed by atoms with Crippen LogP contribution in [0.4, 0.5) is 5.82 Å². The number of ether oxygens (including phenoxy) is 1. The molecule has 0 radical (unpaired) electrons. The Kier molecular flexibility index (Phi) is 4.08. The van der Waals surface area contributed by atoms with Crippen LogP contribution in [0.5, 0.6) is 0 Å². The molecular formula is C12H18N4OS. The lowest BCUT2D eigenvalue weighted by Crippen LogP contribution is -2.49. The molecule has 1 aromatic heterocycles. The number of aromatic nitrogens is 2. The van der Waals surface area contributed by atoms with Gasteiger partial charge in [-0.2, -0.15) is 5.10 Å². The average molecular weight is 266 g/mol. The molecule has 5 nitrogen and oxygen atoms in total. The largest absolute Gasteiger partial charge is 0.389 e. The summed E-state index contributed by atoms with van der Waals surface area (Å²) in [6.45, 7) is 5.67. The molecule has 6 heteroatoms. The van der Waals surface area contributed by atoms with Crippen LogP contribution in [-0.2, 0) is 4.74 Å². The van der Waals surface area contributed by atoms with Gasteiger partial charge in [-0.15, -0.1) is 5.10 Å². The van der Waals surface area contributed by atoms with Crippen LogP contribution in [0, 0.1) is 0 Å². The van der Waals surface area contributed by atoms with E-state index in [1.807, 2.05) is 6.07 Å². The minimum atomic E-state index is 0.175. The van der Waals surface area contributed by atoms with E-state index in [0.717, 1.165) is 24.3 Å². The number of nitrogens with two attached hydrogens (primary N) is 1. The van der Waals surface area contributed by atoms with Crippen molar-refractivity contribution in [3.63, 3.8) is 0 Å². The highest BCUT2D eigenvalue weighted by Gasteiger charge is 2.28. The van der Waals surface area contributed by atoms with Gasteiger partial charge in [-0.05, 0) is 19.4 Å². The lowest BCUT2D eigenvalue weighted by molar-refractivity contribution is 0.0295. The molecule has 0 amide bonds. The van der Waals surface area contributed by atoms with Crippen molar-refractivity contribution >= 4 is 23.0 Å². The van der Waals surface area contributed by atoms with E-state index in [1.165, 1.54) is 0 Å². The van der Waals surface area contributed by atoms with Crippen molar-refractivity contribution < 1.29 is 4.74 Å². The van der Waals surface area contributed by atoms with Crippen LogP contribution in [0.3, 0.4) is 0 Å². The molecule has 2 heterocycles. The van der Waals surface area contributed by atoms with Crippen molar-refractivity contribution in [3.8, 4) is 0 Å². The Morgan fingerprint density at radius 3 is 3.11 bits per heavy atom. The molecule has 1 saturated heterocycles. The molecule has 0 aliphatic carbocycles. The van der Waals surface area contributed by atoms with Crippen molar-refractivity contribution in [2.24, 2.45) is 5.73 Å². The van der Waals surface area contributed by atoms with Gasteiger partial charge in [0, 0.05) is 6.54 Å². The van der Waals surface area contributed by atoms with Gasteiger partial charge >= 0.3 is 0 Å². The molecule has 1 aromatic rings. The van der Waals surface area contributed by atoms with Gasteiger partial charge in [-0.1, -0.05) is 19.1 Å². The maximum atomic E-state index is 5.75. The van der Waals surface area contributed by atoms with Crippen molar-refractivity contribution in [3.05, 3.63) is 17.8 Å². The Labute approximate surface area is 112 Å². The van der Waals surface area contributed by atoms with Crippen LogP contribution >= 0.6 is 12.2 Å². The topological polar surface area (TPSA) is 64.3 Å². The molecule has 0 bridgehead atoms. The first-order valence-electron chi connectivity index (χ1n) is 6.13. The molecule has 2 rings (SSSR count). The molecule has 0 spiro atoms. The second-order valence-corrected chi connectivity index (χ2v) is 4.93. The second kappa shape index (κ2) is 5.58. The van der Waals surface area contributed by atoms with Crippen molar-refractivity contribution in [1.82, 2.24) is 10.2 Å². The fourth-order valence-electron chi connectivity index (χ4n) is 2.17. The SMILES string of the molecule is CCC1COC(C)CN1c1nnccc1C(N)=S. The van der Waals surface area contributed by atoms with Gasteiger partial charge in [0.15, 0.2) is 5.82 Å². The number of rotatable bonds is 3. The van der Waals surface area contributed by atoms with E-state index in [4.69, 9.17) is 22.7 Å². The van der Waals surface area contributed by atoms with E-state index in [9.17, 15) is 0 Å². The van der Waals surface area contributed by atoms with Crippen LogP contribution < -0.4 is 10.6 Å². The van der Waals surface area contributed by atoms with E-state index >= 15 is 0 Å². The number of hydrogen-bond acceptors (Lipinski definition) is 5. The Hall–Kier alpha value is -1.27. The summed E-state index contributed by atoms with van der Waals surface area (Å²) in [5.74, 6) is 0.770. The van der Waals surface area contributed by atoms with E-state index in [2.05, 4.69) is 28.9 Å². The van der Waals surface area contributed by atoms with Crippen LogP contribution in [0.25, 0.3) is 0 Å². The first kappa shape index (κ1) is 13.2. The van der Waals surface area contributed by atoms with Gasteiger partial charge in [0.1, 0.15) is 4.99 Å². The molecule has 2 N–H and O–H groups in total. The van der Waals surface area contributed by atoms with Crippen molar-refractivity contribution in [2.45, 2.75) is 32.4 Å². The highest BCUT2D eigenvalue weighted by atomic mass is 32.1. The molecule has 1 aliphatic heterocycles. The van der Waals surface area contributed by atoms with E-state index in [-0.39, 0.29) is 6.10 Å². The second-order valence-electron chi connectivity index (χ2n) is 4.49. The number of hydrogen-bond donors (Lipinski definition) is 1. The summed E-state index contributed by atoms with van der Waals surface area (Å²) in [4.78, 5) is 2.56. The predicted molar refractivity (Wildman–Crippen MR) is 74.8 cm³/mol. The first-order valence-corrected chi connectivity index (χ1v) is 6.54. The normalized spacial score (nSPS) is 24.0. The monoisotopic (exact) mass is 266 g/mol. The number of thiocarbonyl (C=S) groups is 1. The Balaban J connectivity index is 2.36. The van der Waals surface area contributed by atoms with Gasteiger partial charge in [-0.3, -0.25) is 0 Å². The third kappa shape index (κ3) is 2.59. The summed E-state index contributed by atoms with van der Waals surface area (Å²) in [6.07, 6.45) is 2.78. The van der Waals surface area contributed by atoms with Gasteiger partial charge < -0.3 is 15.4 Å². The van der Waals surface area contributed by atoms with E-state index in [1.54, 1.807) is 6.20 Å². The first-order chi connectivity index (χ1) is 8.63. The molecule has 1 fully saturated rings. The lowest BCUT2D eigenvalue weighted by atomic mass is 10.1. The van der Waals surface area contributed by atoms with Gasteiger partial charge in [-0.25, -0.2) is 0 Å². The summed E-state index contributed by atoms with van der Waals surface area (Å²) in [5, 5.41) is 8.16. The Morgan fingerprint density at radius 2 is 2.44 bits per heavy atom. The molecule has 0 saturated carbocycles. The standard InChI is InChI=1S/C12H18N4OS/c1-3-9-7-17-8(2)6-16(9)12-10(11(13)18)4-5-14-15-12/h4-5,8-9H,3,6-7H2,1-2H3,(H2,13,18). The van der Waals surface area contributed by atoms with Gasteiger partial charge in [0.2, 0.25) is 0 Å². The number of anilines is 1. The lowest BCUT2D eigenvalue weighted by Gasteiger charge is -2.39. The molecular weight excluding hydrogens is 248 g/mol. The zero-order valence-electron chi connectivity index (χ0n) is 10.7. The zero-order valence-corrected chi connectivity index (χ0v) is 11.5. The summed E-state index contributed by atoms with van der Waals surface area (Å²) in [5.41, 5.74) is 6.53. The summed E-state index contributed by atoms with van der Waals surface area (Å²) in [6, 6.07) is 2.11. The maximum absolute atomic E-state index is 5.75. The van der Waals surface area contributed by atoms with Crippen molar-refractivity contribution in [2.75, 3.05) is 18.1 Å². The molecule has 2 atom stereocenters. The average Bonchev–Trinajstić information content (AvgIpc) is 2.38. The third-order valence-electron chi connectivity index (χ3n) is 3.18. The highest BCUT2D eigenvalue weighted by Crippen LogP contribution is 2.24. The number of morpholine rings is 1. The highest BCUT2D eigenvalue weighted by molar-refractivity contribution is 7.80. The Morgan fingerprint density at radius 1 is 1.67 bits per heavy atom. The summed E-state index contributed by atoms with van der Waals surface area (Å²) >= 11 is 5.08.